The Morgan fingerprint density at radius 3 is 1.91 bits per heavy atom. The van der Waals surface area contributed by atoms with E-state index >= 15 is 0 Å². The molecule has 56 valence electrons. The lowest BCUT2D eigenvalue weighted by Gasteiger charge is -2.30. The molecule has 0 bridgehead atoms. The van der Waals surface area contributed by atoms with Crippen LogP contribution in [-0.4, -0.2) is 10.7 Å². The lowest BCUT2D eigenvalue weighted by atomic mass is 9.81. The largest absolute Gasteiger partial charge is 0.381 e. The first-order valence-corrected chi connectivity index (χ1v) is 3.76. The summed E-state index contributed by atoms with van der Waals surface area (Å²) < 4.78 is 0. The number of allylic oxidation sites excluding steroid dienone is 4. The number of fused-ring (bicyclic) bond motifs is 1. The molecule has 0 saturated carbocycles. The van der Waals surface area contributed by atoms with Crippen molar-refractivity contribution in [2.75, 3.05) is 0 Å². The van der Waals surface area contributed by atoms with Crippen LogP contribution >= 0.6 is 0 Å². The van der Waals surface area contributed by atoms with Crippen molar-refractivity contribution < 1.29 is 5.11 Å². The molecule has 0 saturated heterocycles. The third-order valence-electron chi connectivity index (χ3n) is 2.12. The topological polar surface area (TPSA) is 20.2 Å². The van der Waals surface area contributed by atoms with Crippen LogP contribution in [0.3, 0.4) is 0 Å². The highest BCUT2D eigenvalue weighted by molar-refractivity contribution is 5.35. The van der Waals surface area contributed by atoms with Crippen molar-refractivity contribution in [2.24, 2.45) is 5.92 Å². The van der Waals surface area contributed by atoms with E-state index in [1.807, 2.05) is 48.6 Å². The van der Waals surface area contributed by atoms with Crippen molar-refractivity contribution in [2.45, 2.75) is 5.60 Å². The summed E-state index contributed by atoms with van der Waals surface area (Å²) >= 11 is 0. The van der Waals surface area contributed by atoms with Crippen LogP contribution in [0, 0.1) is 5.92 Å². The van der Waals surface area contributed by atoms with E-state index in [2.05, 4.69) is 0 Å². The second-order valence-electron chi connectivity index (χ2n) is 2.90. The Labute approximate surface area is 66.0 Å². The van der Waals surface area contributed by atoms with Crippen molar-refractivity contribution in [3.8, 4) is 0 Å². The summed E-state index contributed by atoms with van der Waals surface area (Å²) in [4.78, 5) is 0. The Balaban J connectivity index is 2.40. The lowest BCUT2D eigenvalue weighted by molar-refractivity contribution is 0.113. The van der Waals surface area contributed by atoms with Gasteiger partial charge < -0.3 is 5.11 Å². The average Bonchev–Trinajstić information content (AvgIpc) is 2.03. The van der Waals surface area contributed by atoms with E-state index in [0.29, 0.717) is 0 Å². The SMILES string of the molecule is OC12C=CC=CC1C=CC=C2. The molecule has 2 aliphatic carbocycles. The van der Waals surface area contributed by atoms with Crippen LogP contribution in [0.25, 0.3) is 0 Å². The van der Waals surface area contributed by atoms with Crippen LogP contribution in [0.5, 0.6) is 0 Å². The first kappa shape index (κ1) is 6.62. The Morgan fingerprint density at radius 1 is 0.909 bits per heavy atom. The third-order valence-corrected chi connectivity index (χ3v) is 2.12. The zero-order valence-corrected chi connectivity index (χ0v) is 6.14. The standard InChI is InChI=1S/C10H10O/c11-10-7-3-1-5-9(10)6-2-4-8-10/h1-9,11H. The summed E-state index contributed by atoms with van der Waals surface area (Å²) in [5, 5.41) is 9.91. The van der Waals surface area contributed by atoms with Gasteiger partial charge in [0.2, 0.25) is 0 Å². The molecule has 0 aromatic carbocycles. The van der Waals surface area contributed by atoms with Gasteiger partial charge in [0.25, 0.3) is 0 Å². The lowest BCUT2D eigenvalue weighted by Crippen LogP contribution is -2.33. The second kappa shape index (κ2) is 2.21. The Morgan fingerprint density at radius 2 is 1.45 bits per heavy atom. The number of aliphatic hydroxyl groups is 1. The molecular formula is C10H10O. The minimum Gasteiger partial charge on any atom is -0.381 e. The molecule has 0 aliphatic heterocycles. The summed E-state index contributed by atoms with van der Waals surface area (Å²) in [5.41, 5.74) is -0.760. The average molecular weight is 146 g/mol. The van der Waals surface area contributed by atoms with Crippen LogP contribution in [0.1, 0.15) is 0 Å². The van der Waals surface area contributed by atoms with Gasteiger partial charge in [-0.3, -0.25) is 0 Å². The molecule has 0 radical (unpaired) electrons. The van der Waals surface area contributed by atoms with Crippen LogP contribution in [-0.2, 0) is 0 Å². The smallest absolute Gasteiger partial charge is 0.111 e. The molecule has 0 spiro atoms. The van der Waals surface area contributed by atoms with E-state index in [-0.39, 0.29) is 5.92 Å². The molecule has 0 unspecified atom stereocenters. The molecule has 0 fully saturated rings. The molecule has 1 N–H and O–H groups in total. The quantitative estimate of drug-likeness (QED) is 0.550. The van der Waals surface area contributed by atoms with E-state index in [4.69, 9.17) is 0 Å². The van der Waals surface area contributed by atoms with Crippen molar-refractivity contribution >= 4 is 0 Å². The van der Waals surface area contributed by atoms with Gasteiger partial charge >= 0.3 is 0 Å². The minimum absolute atomic E-state index is 0.123. The van der Waals surface area contributed by atoms with Crippen LogP contribution in [0.15, 0.2) is 48.6 Å². The molecule has 1 heteroatoms. The van der Waals surface area contributed by atoms with Crippen molar-refractivity contribution in [1.82, 2.24) is 0 Å². The van der Waals surface area contributed by atoms with E-state index in [0.717, 1.165) is 0 Å². The van der Waals surface area contributed by atoms with Crippen LogP contribution in [0.2, 0.25) is 0 Å². The fourth-order valence-corrected chi connectivity index (χ4v) is 1.44. The van der Waals surface area contributed by atoms with Crippen molar-refractivity contribution in [3.05, 3.63) is 48.6 Å². The highest BCUT2D eigenvalue weighted by atomic mass is 16.3. The molecule has 2 aliphatic rings. The Bertz CT molecular complexity index is 245. The summed E-state index contributed by atoms with van der Waals surface area (Å²) in [5.74, 6) is 0.123. The number of hydrogen-bond acceptors (Lipinski definition) is 1. The maximum Gasteiger partial charge on any atom is 0.111 e. The molecule has 11 heavy (non-hydrogen) atoms. The van der Waals surface area contributed by atoms with E-state index in [9.17, 15) is 5.11 Å². The highest BCUT2D eigenvalue weighted by Gasteiger charge is 2.30. The third kappa shape index (κ3) is 0.976. The van der Waals surface area contributed by atoms with Crippen LogP contribution < -0.4 is 0 Å². The maximum absolute atomic E-state index is 9.91. The van der Waals surface area contributed by atoms with E-state index < -0.39 is 5.60 Å². The summed E-state index contributed by atoms with van der Waals surface area (Å²) in [6.45, 7) is 0. The van der Waals surface area contributed by atoms with Gasteiger partial charge in [0, 0.05) is 5.92 Å². The molecule has 0 aromatic rings. The van der Waals surface area contributed by atoms with Gasteiger partial charge in [0.05, 0.1) is 0 Å². The zero-order chi connectivity index (χ0) is 7.73. The summed E-state index contributed by atoms with van der Waals surface area (Å²) in [6.07, 6.45) is 15.3. The highest BCUT2D eigenvalue weighted by Crippen LogP contribution is 2.29. The zero-order valence-electron chi connectivity index (χ0n) is 6.14. The van der Waals surface area contributed by atoms with E-state index in [1.54, 1.807) is 0 Å². The van der Waals surface area contributed by atoms with Crippen LogP contribution in [0.4, 0.5) is 0 Å². The number of rotatable bonds is 0. The Kier molecular flexibility index (Phi) is 1.33. The fourth-order valence-electron chi connectivity index (χ4n) is 1.44. The first-order valence-electron chi connectivity index (χ1n) is 3.76. The molecule has 0 heterocycles. The molecule has 1 nitrogen and oxygen atoms in total. The van der Waals surface area contributed by atoms with Gasteiger partial charge in [0.1, 0.15) is 5.60 Å². The second-order valence-corrected chi connectivity index (χ2v) is 2.90. The molecule has 0 aromatic heterocycles. The van der Waals surface area contributed by atoms with Crippen molar-refractivity contribution in [1.29, 1.82) is 0 Å². The Hall–Kier alpha value is -1.08. The monoisotopic (exact) mass is 146 g/mol. The van der Waals surface area contributed by atoms with Gasteiger partial charge in [-0.1, -0.05) is 36.5 Å². The maximum atomic E-state index is 9.91. The molecule has 2 rings (SSSR count). The molecule has 0 atom stereocenters. The normalized spacial score (nSPS) is 39.2. The molecular weight excluding hydrogens is 136 g/mol. The molecule has 0 amide bonds. The fraction of sp³-hybridized carbons (Fsp3) is 0.200. The summed E-state index contributed by atoms with van der Waals surface area (Å²) in [7, 11) is 0. The first-order chi connectivity index (χ1) is 5.31. The van der Waals surface area contributed by atoms with E-state index in [1.165, 1.54) is 0 Å². The van der Waals surface area contributed by atoms with Gasteiger partial charge in [-0.25, -0.2) is 0 Å². The van der Waals surface area contributed by atoms with Crippen molar-refractivity contribution in [3.63, 3.8) is 0 Å². The predicted octanol–water partition coefficient (Wildman–Crippen LogP) is 1.59. The van der Waals surface area contributed by atoms with Gasteiger partial charge in [-0.2, -0.15) is 0 Å². The number of hydrogen-bond donors (Lipinski definition) is 1. The van der Waals surface area contributed by atoms with Gasteiger partial charge in [0.15, 0.2) is 0 Å². The summed E-state index contributed by atoms with van der Waals surface area (Å²) in [6, 6.07) is 0. The van der Waals surface area contributed by atoms with Gasteiger partial charge in [-0.15, -0.1) is 0 Å². The van der Waals surface area contributed by atoms with Gasteiger partial charge in [-0.05, 0) is 12.2 Å². The minimum atomic E-state index is -0.760. The predicted molar refractivity (Wildman–Crippen MR) is 45.0 cm³/mol.